The minimum atomic E-state index is -0.514. The first-order valence-corrected chi connectivity index (χ1v) is 13.0. The van der Waals surface area contributed by atoms with Crippen LogP contribution in [0.2, 0.25) is 0 Å². The number of nitrogens with zero attached hydrogens (tertiary/aromatic N) is 5. The molecule has 0 aliphatic carbocycles. The fraction of sp³-hybridized carbons (Fsp3) is 0.379. The lowest BCUT2D eigenvalue weighted by molar-refractivity contribution is -0.133. The average molecular weight is 514 g/mol. The number of benzene rings is 2. The van der Waals surface area contributed by atoms with E-state index >= 15 is 0 Å². The fourth-order valence-electron chi connectivity index (χ4n) is 5.25. The van der Waals surface area contributed by atoms with Gasteiger partial charge in [-0.2, -0.15) is 5.26 Å². The quantitative estimate of drug-likeness (QED) is 0.471. The average Bonchev–Trinajstić information content (AvgIpc) is 3.63. The number of aliphatic hydroxyl groups excluding tert-OH is 2. The third-order valence-corrected chi connectivity index (χ3v) is 7.22. The molecule has 9 heteroatoms. The van der Waals surface area contributed by atoms with Crippen molar-refractivity contribution in [3.63, 3.8) is 0 Å². The summed E-state index contributed by atoms with van der Waals surface area (Å²) in [6, 6.07) is 17.9. The minimum Gasteiger partial charge on any atom is -0.487 e. The van der Waals surface area contributed by atoms with Crippen LogP contribution in [0.4, 0.5) is 5.69 Å². The maximum Gasteiger partial charge on any atom is 0.248 e. The van der Waals surface area contributed by atoms with Crippen molar-refractivity contribution in [3.05, 3.63) is 71.7 Å². The molecule has 38 heavy (non-hydrogen) atoms. The Morgan fingerprint density at radius 2 is 2.03 bits per heavy atom. The summed E-state index contributed by atoms with van der Waals surface area (Å²) in [7, 11) is 0. The van der Waals surface area contributed by atoms with Crippen LogP contribution in [0.25, 0.3) is 11.3 Å². The van der Waals surface area contributed by atoms with Crippen LogP contribution in [0, 0.1) is 11.3 Å². The molecule has 2 saturated heterocycles. The van der Waals surface area contributed by atoms with E-state index in [9.17, 15) is 15.2 Å². The molecule has 5 rings (SSSR count). The smallest absolute Gasteiger partial charge is 0.248 e. The Morgan fingerprint density at radius 1 is 1.13 bits per heavy atom. The van der Waals surface area contributed by atoms with E-state index in [-0.39, 0.29) is 24.7 Å². The van der Waals surface area contributed by atoms with Gasteiger partial charge >= 0.3 is 0 Å². The second kappa shape index (κ2) is 11.6. The van der Waals surface area contributed by atoms with Gasteiger partial charge in [0.05, 0.1) is 30.5 Å². The van der Waals surface area contributed by atoms with Gasteiger partial charge in [-0.3, -0.25) is 4.79 Å². The number of hydrogen-bond acceptors (Lipinski definition) is 8. The SMILES string of the molecule is N#Cc1cc(-c2ccnc(Cc3cccc(N4CCC[C@H]4CO)c3)n2)ccc1O[C@@H]1CCN(C(=O)CO)C1. The van der Waals surface area contributed by atoms with Gasteiger partial charge < -0.3 is 24.7 Å². The number of amides is 1. The van der Waals surface area contributed by atoms with Gasteiger partial charge in [0.2, 0.25) is 5.91 Å². The Kier molecular flexibility index (Phi) is 7.82. The molecule has 0 unspecified atom stereocenters. The largest absolute Gasteiger partial charge is 0.487 e. The molecule has 2 fully saturated rings. The highest BCUT2D eigenvalue weighted by Crippen LogP contribution is 2.29. The molecule has 0 spiro atoms. The number of nitriles is 1. The van der Waals surface area contributed by atoms with Crippen LogP contribution < -0.4 is 9.64 Å². The van der Waals surface area contributed by atoms with Crippen molar-refractivity contribution >= 4 is 11.6 Å². The lowest BCUT2D eigenvalue weighted by Crippen LogP contribution is -2.32. The first kappa shape index (κ1) is 25.6. The molecule has 0 saturated carbocycles. The number of likely N-dealkylation sites (tertiary alicyclic amines) is 1. The summed E-state index contributed by atoms with van der Waals surface area (Å²) in [5.74, 6) is 0.829. The van der Waals surface area contributed by atoms with E-state index in [0.717, 1.165) is 41.9 Å². The molecule has 3 aromatic rings. The normalized spacial score (nSPS) is 19.0. The molecular formula is C29H31N5O4. The highest BCUT2D eigenvalue weighted by molar-refractivity contribution is 5.77. The summed E-state index contributed by atoms with van der Waals surface area (Å²) >= 11 is 0. The van der Waals surface area contributed by atoms with E-state index in [1.165, 1.54) is 0 Å². The molecule has 9 nitrogen and oxygen atoms in total. The molecule has 1 amide bonds. The molecular weight excluding hydrogens is 482 g/mol. The lowest BCUT2D eigenvalue weighted by Gasteiger charge is -2.25. The van der Waals surface area contributed by atoms with Gasteiger partial charge in [-0.25, -0.2) is 9.97 Å². The lowest BCUT2D eigenvalue weighted by atomic mass is 10.1. The van der Waals surface area contributed by atoms with Gasteiger partial charge in [-0.05, 0) is 54.8 Å². The van der Waals surface area contributed by atoms with Gasteiger partial charge in [0.15, 0.2) is 0 Å². The number of anilines is 1. The first-order chi connectivity index (χ1) is 18.6. The van der Waals surface area contributed by atoms with Crippen molar-refractivity contribution in [1.82, 2.24) is 14.9 Å². The highest BCUT2D eigenvalue weighted by Gasteiger charge is 2.28. The zero-order chi connectivity index (χ0) is 26.5. The summed E-state index contributed by atoms with van der Waals surface area (Å²) < 4.78 is 6.03. The van der Waals surface area contributed by atoms with Crippen LogP contribution in [0.5, 0.6) is 5.75 Å². The van der Waals surface area contributed by atoms with Crippen molar-refractivity contribution in [3.8, 4) is 23.1 Å². The van der Waals surface area contributed by atoms with E-state index in [4.69, 9.17) is 14.8 Å². The van der Waals surface area contributed by atoms with E-state index in [1.807, 2.05) is 18.2 Å². The van der Waals surface area contributed by atoms with Gasteiger partial charge in [0.1, 0.15) is 30.4 Å². The second-order valence-electron chi connectivity index (χ2n) is 9.73. The molecule has 3 heterocycles. The first-order valence-electron chi connectivity index (χ1n) is 13.0. The third-order valence-electron chi connectivity index (χ3n) is 7.22. The van der Waals surface area contributed by atoms with Gasteiger partial charge in [0.25, 0.3) is 0 Å². The maximum absolute atomic E-state index is 11.7. The van der Waals surface area contributed by atoms with Crippen LogP contribution in [0.1, 0.15) is 36.2 Å². The Bertz CT molecular complexity index is 1340. The molecule has 0 radical (unpaired) electrons. The fourth-order valence-corrected chi connectivity index (χ4v) is 5.25. The van der Waals surface area contributed by atoms with E-state index in [2.05, 4.69) is 34.2 Å². The molecule has 2 atom stereocenters. The van der Waals surface area contributed by atoms with Crippen molar-refractivity contribution in [1.29, 1.82) is 5.26 Å². The van der Waals surface area contributed by atoms with Crippen molar-refractivity contribution in [2.24, 2.45) is 0 Å². The standard InChI is InChI=1S/C29H31N5O4/c30-16-22-15-21(6-7-27(22)38-25-9-12-33(17-25)29(37)19-36)26-8-10-31-28(32-26)14-20-3-1-4-23(13-20)34-11-2-5-24(34)18-35/h1,3-4,6-8,10,13,15,24-25,35-36H,2,5,9,11-12,14,17-19H2/t24-,25+/m0/s1. The Hall–Kier alpha value is -4.00. The van der Waals surface area contributed by atoms with Crippen molar-refractivity contribution in [2.45, 2.75) is 37.8 Å². The molecule has 2 aliphatic rings. The molecule has 0 bridgehead atoms. The topological polar surface area (TPSA) is 123 Å². The monoisotopic (exact) mass is 513 g/mol. The summed E-state index contributed by atoms with van der Waals surface area (Å²) in [5.41, 5.74) is 4.10. The minimum absolute atomic E-state index is 0.159. The molecule has 2 aromatic carbocycles. The zero-order valence-corrected chi connectivity index (χ0v) is 21.2. The number of hydrogen-bond donors (Lipinski definition) is 2. The molecule has 2 N–H and O–H groups in total. The van der Waals surface area contributed by atoms with Gasteiger partial charge in [-0.1, -0.05) is 12.1 Å². The highest BCUT2D eigenvalue weighted by atomic mass is 16.5. The number of rotatable bonds is 8. The zero-order valence-electron chi connectivity index (χ0n) is 21.2. The van der Waals surface area contributed by atoms with Gasteiger partial charge in [-0.15, -0.1) is 0 Å². The molecule has 2 aliphatic heterocycles. The summed E-state index contributed by atoms with van der Waals surface area (Å²) in [6.45, 7) is 1.51. The second-order valence-corrected chi connectivity index (χ2v) is 9.73. The van der Waals surface area contributed by atoms with Gasteiger partial charge in [0, 0.05) is 43.4 Å². The Morgan fingerprint density at radius 3 is 2.84 bits per heavy atom. The van der Waals surface area contributed by atoms with Crippen LogP contribution in [0.3, 0.4) is 0 Å². The van der Waals surface area contributed by atoms with E-state index < -0.39 is 6.61 Å². The Labute approximate surface area is 221 Å². The van der Waals surface area contributed by atoms with Crippen LogP contribution in [-0.4, -0.2) is 76.0 Å². The number of carbonyl (C=O) groups excluding carboxylic acids is 1. The van der Waals surface area contributed by atoms with Crippen molar-refractivity contribution in [2.75, 3.05) is 37.7 Å². The van der Waals surface area contributed by atoms with Crippen LogP contribution in [0.15, 0.2) is 54.7 Å². The molecule has 196 valence electrons. The van der Waals surface area contributed by atoms with Crippen molar-refractivity contribution < 1.29 is 19.7 Å². The number of aliphatic hydroxyl groups is 2. The summed E-state index contributed by atoms with van der Waals surface area (Å²) in [6.07, 6.45) is 4.80. The van der Waals surface area contributed by atoms with Crippen LogP contribution in [-0.2, 0) is 11.2 Å². The third kappa shape index (κ3) is 5.62. The number of carbonyl (C=O) groups is 1. The predicted molar refractivity (Wildman–Crippen MR) is 142 cm³/mol. The van der Waals surface area contributed by atoms with E-state index in [0.29, 0.717) is 43.1 Å². The number of aromatic nitrogens is 2. The molecule has 1 aromatic heterocycles. The maximum atomic E-state index is 11.7. The van der Waals surface area contributed by atoms with Crippen LogP contribution >= 0.6 is 0 Å². The Balaban J connectivity index is 1.30. The number of ether oxygens (including phenoxy) is 1. The summed E-state index contributed by atoms with van der Waals surface area (Å²) in [5, 5.41) is 28.5. The van der Waals surface area contributed by atoms with E-state index in [1.54, 1.807) is 23.2 Å². The predicted octanol–water partition coefficient (Wildman–Crippen LogP) is 2.54. The summed E-state index contributed by atoms with van der Waals surface area (Å²) in [4.78, 5) is 24.8.